The van der Waals surface area contributed by atoms with Gasteiger partial charge < -0.3 is 5.32 Å². The summed E-state index contributed by atoms with van der Waals surface area (Å²) in [6, 6.07) is 5.72. The third-order valence-electron chi connectivity index (χ3n) is 4.05. The lowest BCUT2D eigenvalue weighted by atomic mass is 10.1. The summed E-state index contributed by atoms with van der Waals surface area (Å²) in [5, 5.41) is 7.89. The summed E-state index contributed by atoms with van der Waals surface area (Å²) >= 11 is 7.39. The lowest BCUT2D eigenvalue weighted by Crippen LogP contribution is -2.28. The van der Waals surface area contributed by atoms with Crippen LogP contribution in [0.3, 0.4) is 0 Å². The molecule has 3 rings (SSSR count). The average molecular weight is 406 g/mol. The maximum Gasteiger partial charge on any atom is 0.272 e. The predicted molar refractivity (Wildman–Crippen MR) is 103 cm³/mol. The first-order chi connectivity index (χ1) is 12.9. The highest BCUT2D eigenvalue weighted by Crippen LogP contribution is 2.22. The van der Waals surface area contributed by atoms with Crippen LogP contribution in [0.2, 0.25) is 5.02 Å². The highest BCUT2D eigenvalue weighted by atomic mass is 35.5. The summed E-state index contributed by atoms with van der Waals surface area (Å²) in [6.07, 6.45) is 4.91. The zero-order valence-electron chi connectivity index (χ0n) is 14.9. The Morgan fingerprint density at radius 3 is 2.67 bits per heavy atom. The van der Waals surface area contributed by atoms with Crippen molar-refractivity contribution in [3.05, 3.63) is 64.5 Å². The van der Waals surface area contributed by atoms with E-state index in [0.29, 0.717) is 5.16 Å². The molecule has 1 N–H and O–H groups in total. The molecule has 0 fully saturated rings. The van der Waals surface area contributed by atoms with Gasteiger partial charge in [0.1, 0.15) is 5.82 Å². The molecule has 6 nitrogen and oxygen atoms in total. The van der Waals surface area contributed by atoms with Gasteiger partial charge in [0.2, 0.25) is 0 Å². The fourth-order valence-corrected chi connectivity index (χ4v) is 3.16. The number of carbonyl (C=O) groups is 1. The largest absolute Gasteiger partial charge is 0.344 e. The van der Waals surface area contributed by atoms with Crippen molar-refractivity contribution in [2.75, 3.05) is 6.26 Å². The number of hydrogen-bond acceptors (Lipinski definition) is 5. The number of benzene rings is 1. The summed E-state index contributed by atoms with van der Waals surface area (Å²) in [5.74, 6) is -0.699. The van der Waals surface area contributed by atoms with E-state index in [2.05, 4.69) is 20.4 Å². The quantitative estimate of drug-likeness (QED) is 0.513. The zero-order chi connectivity index (χ0) is 19.6. The molecule has 140 valence electrons. The van der Waals surface area contributed by atoms with E-state index < -0.39 is 0 Å². The fourth-order valence-electron chi connectivity index (χ4n) is 2.64. The number of rotatable bonds is 5. The Labute approximate surface area is 165 Å². The molecule has 3 aromatic rings. The molecule has 2 heterocycles. The molecule has 0 bridgehead atoms. The van der Waals surface area contributed by atoms with Gasteiger partial charge in [-0.15, -0.1) is 0 Å². The second-order valence-corrected chi connectivity index (χ2v) is 7.00. The second kappa shape index (κ2) is 8.06. The lowest BCUT2D eigenvalue weighted by molar-refractivity contribution is 0.0934. The van der Waals surface area contributed by atoms with Crippen LogP contribution in [0, 0.1) is 12.7 Å². The number of thioether (sulfide) groups is 1. The van der Waals surface area contributed by atoms with Gasteiger partial charge in [-0.05, 0) is 44.4 Å². The Balaban J connectivity index is 1.82. The first-order valence-electron chi connectivity index (χ1n) is 8.08. The number of hydrogen-bond donors (Lipinski definition) is 1. The molecule has 0 aliphatic heterocycles. The van der Waals surface area contributed by atoms with Crippen molar-refractivity contribution in [3.8, 4) is 5.69 Å². The highest BCUT2D eigenvalue weighted by Gasteiger charge is 2.20. The maximum atomic E-state index is 13.1. The van der Waals surface area contributed by atoms with Crippen molar-refractivity contribution in [2.24, 2.45) is 0 Å². The maximum absolute atomic E-state index is 13.1. The van der Waals surface area contributed by atoms with Gasteiger partial charge in [-0.3, -0.25) is 4.79 Å². The van der Waals surface area contributed by atoms with Crippen LogP contribution >= 0.6 is 23.4 Å². The zero-order valence-corrected chi connectivity index (χ0v) is 16.5. The Bertz CT molecular complexity index is 976. The molecule has 0 aliphatic rings. The Hall–Kier alpha value is -2.45. The molecule has 0 saturated carbocycles. The summed E-state index contributed by atoms with van der Waals surface area (Å²) in [6.45, 7) is 3.74. The topological polar surface area (TPSA) is 72.7 Å². The van der Waals surface area contributed by atoms with Crippen LogP contribution in [0.1, 0.15) is 34.7 Å². The predicted octanol–water partition coefficient (Wildman–Crippen LogP) is 3.98. The van der Waals surface area contributed by atoms with Crippen LogP contribution in [0.25, 0.3) is 5.69 Å². The molecule has 0 unspecified atom stereocenters. The number of amides is 1. The molecule has 9 heteroatoms. The minimum absolute atomic E-state index is 0.131. The van der Waals surface area contributed by atoms with Crippen LogP contribution in [-0.4, -0.2) is 31.9 Å². The lowest BCUT2D eigenvalue weighted by Gasteiger charge is -2.14. The van der Waals surface area contributed by atoms with E-state index in [9.17, 15) is 9.18 Å². The van der Waals surface area contributed by atoms with Crippen molar-refractivity contribution in [1.29, 1.82) is 0 Å². The van der Waals surface area contributed by atoms with E-state index in [4.69, 9.17) is 11.6 Å². The molecule has 1 atom stereocenters. The van der Waals surface area contributed by atoms with Gasteiger partial charge in [-0.2, -0.15) is 5.10 Å². The Kier molecular flexibility index (Phi) is 5.76. The van der Waals surface area contributed by atoms with Gasteiger partial charge in [0, 0.05) is 11.3 Å². The van der Waals surface area contributed by atoms with Crippen molar-refractivity contribution in [1.82, 2.24) is 25.1 Å². The van der Waals surface area contributed by atoms with E-state index >= 15 is 0 Å². The number of halogens is 2. The van der Waals surface area contributed by atoms with Crippen molar-refractivity contribution >= 4 is 29.3 Å². The number of aromatic nitrogens is 4. The van der Waals surface area contributed by atoms with E-state index in [1.165, 1.54) is 30.1 Å². The number of nitrogens with zero attached hydrogens (tertiary/aromatic N) is 4. The molecule has 1 amide bonds. The van der Waals surface area contributed by atoms with Gasteiger partial charge in [0.25, 0.3) is 5.91 Å². The first kappa shape index (κ1) is 19.3. The van der Waals surface area contributed by atoms with Crippen molar-refractivity contribution < 1.29 is 9.18 Å². The van der Waals surface area contributed by atoms with Gasteiger partial charge in [-0.25, -0.2) is 19.0 Å². The van der Waals surface area contributed by atoms with E-state index in [0.717, 1.165) is 16.9 Å². The molecule has 0 aliphatic carbocycles. The van der Waals surface area contributed by atoms with Gasteiger partial charge in [0.05, 0.1) is 29.1 Å². The van der Waals surface area contributed by atoms with Crippen molar-refractivity contribution in [3.63, 3.8) is 0 Å². The summed E-state index contributed by atoms with van der Waals surface area (Å²) in [4.78, 5) is 20.8. The first-order valence-corrected chi connectivity index (χ1v) is 9.69. The van der Waals surface area contributed by atoms with Crippen LogP contribution < -0.4 is 5.32 Å². The number of carbonyl (C=O) groups excluding carboxylic acids is 1. The molecule has 0 radical (unpaired) electrons. The third-order valence-corrected chi connectivity index (χ3v) is 4.89. The molecular weight excluding hydrogens is 389 g/mol. The molecule has 27 heavy (non-hydrogen) atoms. The van der Waals surface area contributed by atoms with Gasteiger partial charge in [0.15, 0.2) is 10.9 Å². The van der Waals surface area contributed by atoms with E-state index in [1.54, 1.807) is 23.0 Å². The second-order valence-electron chi connectivity index (χ2n) is 5.82. The van der Waals surface area contributed by atoms with E-state index in [-0.39, 0.29) is 28.5 Å². The number of nitrogens with one attached hydrogen (secondary N) is 1. The minimum Gasteiger partial charge on any atom is -0.344 e. The van der Waals surface area contributed by atoms with Gasteiger partial charge >= 0.3 is 0 Å². The summed E-state index contributed by atoms with van der Waals surface area (Å²) in [5.41, 5.74) is 2.55. The monoisotopic (exact) mass is 405 g/mol. The average Bonchev–Trinajstić information content (AvgIpc) is 3.04. The standard InChI is InChI=1S/C18H17ClFN5OS/c1-10(23-17(26)16-15(19)9-21-18(24-16)27-3)14-8-22-25(11(14)2)13-6-4-12(20)5-7-13/h4-10H,1-3H3,(H,23,26)/t10-/m1/s1. The van der Waals surface area contributed by atoms with Crippen LogP contribution in [-0.2, 0) is 0 Å². The van der Waals surface area contributed by atoms with Gasteiger partial charge in [-0.1, -0.05) is 23.4 Å². The normalized spacial score (nSPS) is 12.0. The van der Waals surface area contributed by atoms with E-state index in [1.807, 2.05) is 20.1 Å². The molecule has 1 aromatic carbocycles. The Morgan fingerprint density at radius 1 is 1.30 bits per heavy atom. The molecule has 2 aromatic heterocycles. The Morgan fingerprint density at radius 2 is 2.00 bits per heavy atom. The smallest absolute Gasteiger partial charge is 0.272 e. The summed E-state index contributed by atoms with van der Waals surface area (Å²) < 4.78 is 14.8. The molecule has 0 spiro atoms. The highest BCUT2D eigenvalue weighted by molar-refractivity contribution is 7.98. The fraction of sp³-hybridized carbons (Fsp3) is 0.222. The summed E-state index contributed by atoms with van der Waals surface area (Å²) in [7, 11) is 0. The van der Waals surface area contributed by atoms with Crippen LogP contribution in [0.4, 0.5) is 4.39 Å². The SMILES string of the molecule is CSc1ncc(Cl)c(C(=O)N[C@H](C)c2cnn(-c3ccc(F)cc3)c2C)n1. The van der Waals surface area contributed by atoms with Crippen molar-refractivity contribution in [2.45, 2.75) is 25.0 Å². The third kappa shape index (κ3) is 4.12. The van der Waals surface area contributed by atoms with Crippen LogP contribution in [0.15, 0.2) is 41.8 Å². The van der Waals surface area contributed by atoms with Crippen LogP contribution in [0.5, 0.6) is 0 Å². The minimum atomic E-state index is -0.390. The molecular formula is C18H17ClFN5OS. The molecule has 0 saturated heterocycles.